The van der Waals surface area contributed by atoms with E-state index in [0.717, 1.165) is 11.1 Å². The third-order valence-electron chi connectivity index (χ3n) is 4.67. The Morgan fingerprint density at radius 1 is 0.893 bits per heavy atom. The van der Waals surface area contributed by atoms with Crippen LogP contribution in [0.1, 0.15) is 27.4 Å². The van der Waals surface area contributed by atoms with Crippen LogP contribution in [0.3, 0.4) is 0 Å². The van der Waals surface area contributed by atoms with E-state index in [1.54, 1.807) is 43.3 Å². The minimum absolute atomic E-state index is 0.228. The highest BCUT2D eigenvalue weighted by atomic mass is 16.5. The van der Waals surface area contributed by atoms with E-state index in [1.165, 1.54) is 0 Å². The van der Waals surface area contributed by atoms with Crippen LogP contribution >= 0.6 is 0 Å². The van der Waals surface area contributed by atoms with Crippen LogP contribution in [0.4, 0.5) is 0 Å². The van der Waals surface area contributed by atoms with Crippen LogP contribution in [0.5, 0.6) is 0 Å². The topological polar surface area (TPSA) is 80.7 Å². The highest BCUT2D eigenvalue weighted by molar-refractivity contribution is 5.96. The number of carbonyl (C=O) groups excluding carboxylic acids is 1. The molecule has 0 saturated carbocycles. The predicted octanol–water partition coefficient (Wildman–Crippen LogP) is 4.47. The molecular weight excluding hydrogens is 354 g/mol. The summed E-state index contributed by atoms with van der Waals surface area (Å²) in [6.07, 6.45) is 0. The highest BCUT2D eigenvalue weighted by Crippen LogP contribution is 2.24. The van der Waals surface area contributed by atoms with Gasteiger partial charge in [0.15, 0.2) is 0 Å². The van der Waals surface area contributed by atoms with Crippen LogP contribution in [0.2, 0.25) is 0 Å². The molecule has 142 valence electrons. The summed E-state index contributed by atoms with van der Waals surface area (Å²) < 4.78 is 0. The van der Waals surface area contributed by atoms with E-state index < -0.39 is 24.3 Å². The van der Waals surface area contributed by atoms with Crippen molar-refractivity contribution in [2.24, 2.45) is 0 Å². The summed E-state index contributed by atoms with van der Waals surface area (Å²) in [6, 6.07) is 23.5. The first-order valence-electron chi connectivity index (χ1n) is 8.90. The summed E-state index contributed by atoms with van der Waals surface area (Å²) in [5, 5.41) is 22.2. The minimum atomic E-state index is -1.15. The first kappa shape index (κ1) is 19.3. The number of rotatable bonds is 6. The first-order valence-corrected chi connectivity index (χ1v) is 8.90. The van der Waals surface area contributed by atoms with Gasteiger partial charge >= 0.3 is 5.97 Å². The van der Waals surface area contributed by atoms with E-state index in [0.29, 0.717) is 11.1 Å². The van der Waals surface area contributed by atoms with Gasteiger partial charge in [0.1, 0.15) is 0 Å². The van der Waals surface area contributed by atoms with Gasteiger partial charge in [0.05, 0.1) is 5.92 Å². The van der Waals surface area contributed by atoms with E-state index in [9.17, 15) is 19.9 Å². The van der Waals surface area contributed by atoms with Crippen molar-refractivity contribution >= 4 is 11.9 Å². The van der Waals surface area contributed by atoms with Crippen LogP contribution < -0.4 is 0 Å². The Hall–Kier alpha value is -3.44. The van der Waals surface area contributed by atoms with Crippen LogP contribution in [0.25, 0.3) is 11.1 Å². The number of carboxylic acid groups (broad SMARTS) is 1. The Morgan fingerprint density at radius 3 is 2.07 bits per heavy atom. The van der Waals surface area contributed by atoms with Crippen LogP contribution in [0, 0.1) is 12.1 Å². The Morgan fingerprint density at radius 2 is 1.46 bits per heavy atom. The summed E-state index contributed by atoms with van der Waals surface area (Å²) in [4.78, 5) is 24.2. The fourth-order valence-corrected chi connectivity index (χ4v) is 3.06. The van der Waals surface area contributed by atoms with Crippen molar-refractivity contribution < 1.29 is 14.7 Å². The number of nitrogens with zero attached hydrogens (tertiary/aromatic N) is 1. The third-order valence-corrected chi connectivity index (χ3v) is 4.67. The monoisotopic (exact) mass is 374 g/mol. The Bertz CT molecular complexity index is 967. The lowest BCUT2D eigenvalue weighted by molar-refractivity contribution is -0.139. The third kappa shape index (κ3) is 4.27. The fraction of sp³-hybridized carbons (Fsp3) is 0.130. The molecule has 1 amide bonds. The van der Waals surface area contributed by atoms with Crippen molar-refractivity contribution in [1.29, 1.82) is 0 Å². The zero-order valence-corrected chi connectivity index (χ0v) is 15.4. The summed E-state index contributed by atoms with van der Waals surface area (Å²) in [6.45, 7) is 1.28. The molecule has 0 aliphatic carbocycles. The maximum Gasteiger partial charge on any atom is 0.312 e. The molecule has 0 aliphatic rings. The quantitative estimate of drug-likeness (QED) is 0.646. The van der Waals surface area contributed by atoms with E-state index >= 15 is 0 Å². The second-order valence-corrected chi connectivity index (χ2v) is 6.56. The molecule has 5 nitrogen and oxygen atoms in total. The number of carbonyl (C=O) groups is 2. The molecule has 1 atom stereocenters. The molecule has 0 unspecified atom stereocenters. The molecule has 3 aromatic carbocycles. The molecule has 5 heteroatoms. The second kappa shape index (κ2) is 8.50. The van der Waals surface area contributed by atoms with Crippen molar-refractivity contribution in [1.82, 2.24) is 5.06 Å². The maximum absolute atomic E-state index is 12.4. The van der Waals surface area contributed by atoms with Gasteiger partial charge in [0.2, 0.25) is 5.91 Å². The van der Waals surface area contributed by atoms with Gasteiger partial charge in [-0.3, -0.25) is 9.59 Å². The molecule has 0 radical (unpaired) electrons. The number of amides is 1. The zero-order chi connectivity index (χ0) is 20.1. The van der Waals surface area contributed by atoms with Crippen LogP contribution in [-0.2, 0) is 4.79 Å². The molecule has 0 bridgehead atoms. The molecule has 0 spiro atoms. The van der Waals surface area contributed by atoms with Gasteiger partial charge in [-0.2, -0.15) is 0 Å². The smallest absolute Gasteiger partial charge is 0.312 e. The highest BCUT2D eigenvalue weighted by Gasteiger charge is 2.23. The normalized spacial score (nSPS) is 11.6. The van der Waals surface area contributed by atoms with E-state index in [-0.39, 0.29) is 10.6 Å². The molecule has 0 aromatic heterocycles. The maximum atomic E-state index is 12.4. The lowest BCUT2D eigenvalue weighted by atomic mass is 9.96. The molecule has 0 saturated heterocycles. The number of hydrogen-bond donors (Lipinski definition) is 1. The summed E-state index contributed by atoms with van der Waals surface area (Å²) in [7, 11) is 0. The van der Waals surface area contributed by atoms with Gasteiger partial charge < -0.3 is 15.4 Å². The SMILES string of the molecule is Cc1ccccc1C(=O)N([O-])C[C@@H](C(=O)O)c1ccc(-c2ccccc2)cc1. The van der Waals surface area contributed by atoms with Gasteiger partial charge in [0.25, 0.3) is 0 Å². The zero-order valence-electron chi connectivity index (χ0n) is 15.4. The van der Waals surface area contributed by atoms with Gasteiger partial charge in [-0.05, 0) is 35.2 Å². The standard InChI is InChI=1S/C23H20NO4/c1-16-7-5-6-10-20(16)22(25)24(28)15-21(23(26)27)19-13-11-18(12-14-19)17-8-3-2-4-9-17/h2-14,21H,15H2,1H3,(H,26,27)/q-1/t21-/m1/s1. The van der Waals surface area contributed by atoms with Crippen LogP contribution in [-0.4, -0.2) is 28.6 Å². The number of aryl methyl sites for hydroxylation is 1. The summed E-state index contributed by atoms with van der Waals surface area (Å²) in [5.41, 5.74) is 3.39. The Balaban J connectivity index is 1.79. The number of hydroxylamine groups is 2. The van der Waals surface area contributed by atoms with E-state index in [1.807, 2.05) is 42.5 Å². The van der Waals surface area contributed by atoms with E-state index in [2.05, 4.69) is 0 Å². The molecule has 1 N–H and O–H groups in total. The molecule has 3 rings (SSSR count). The van der Waals surface area contributed by atoms with Crippen molar-refractivity contribution in [2.45, 2.75) is 12.8 Å². The van der Waals surface area contributed by atoms with Crippen molar-refractivity contribution in [2.75, 3.05) is 6.54 Å². The molecule has 0 heterocycles. The average molecular weight is 374 g/mol. The van der Waals surface area contributed by atoms with Crippen molar-refractivity contribution in [3.05, 3.63) is 101 Å². The lowest BCUT2D eigenvalue weighted by Crippen LogP contribution is -2.33. The number of carboxylic acids is 1. The number of benzene rings is 3. The molecule has 0 fully saturated rings. The molecular formula is C23H20NO4-. The number of hydrogen-bond acceptors (Lipinski definition) is 3. The van der Waals surface area contributed by atoms with Gasteiger partial charge in [-0.15, -0.1) is 0 Å². The fourth-order valence-electron chi connectivity index (χ4n) is 3.06. The molecule has 28 heavy (non-hydrogen) atoms. The van der Waals surface area contributed by atoms with Crippen LogP contribution in [0.15, 0.2) is 78.9 Å². The van der Waals surface area contributed by atoms with Gasteiger partial charge in [-0.25, -0.2) is 0 Å². The Labute approximate surface area is 163 Å². The van der Waals surface area contributed by atoms with Crippen molar-refractivity contribution in [3.8, 4) is 11.1 Å². The summed E-state index contributed by atoms with van der Waals surface area (Å²) in [5.74, 6) is -2.98. The largest absolute Gasteiger partial charge is 0.756 e. The van der Waals surface area contributed by atoms with Crippen molar-refractivity contribution in [3.63, 3.8) is 0 Å². The minimum Gasteiger partial charge on any atom is -0.756 e. The Kier molecular flexibility index (Phi) is 5.87. The second-order valence-electron chi connectivity index (χ2n) is 6.56. The molecule has 3 aromatic rings. The first-order chi connectivity index (χ1) is 13.5. The van der Waals surface area contributed by atoms with E-state index in [4.69, 9.17) is 0 Å². The average Bonchev–Trinajstić information content (AvgIpc) is 2.72. The van der Waals surface area contributed by atoms with Gasteiger partial charge in [0, 0.05) is 12.1 Å². The van der Waals surface area contributed by atoms with Gasteiger partial charge in [-0.1, -0.05) is 72.8 Å². The summed E-state index contributed by atoms with van der Waals surface area (Å²) >= 11 is 0. The lowest BCUT2D eigenvalue weighted by Gasteiger charge is -2.31. The molecule has 0 aliphatic heterocycles. The predicted molar refractivity (Wildman–Crippen MR) is 108 cm³/mol. The number of aliphatic carboxylic acids is 1.